The molecular formula is C18H17Cl2N3O2. The fraction of sp³-hybridized carbons (Fsp3) is 0.167. The number of amides is 2. The summed E-state index contributed by atoms with van der Waals surface area (Å²) in [6, 6.07) is 12.2. The van der Waals surface area contributed by atoms with Crippen LogP contribution >= 0.6 is 23.2 Å². The number of hydrogen-bond donors (Lipinski definition) is 2. The number of hydrogen-bond acceptors (Lipinski definition) is 3. The number of nitrogens with zero attached hydrogens (tertiary/aromatic N) is 1. The number of rotatable bonds is 4. The lowest BCUT2D eigenvalue weighted by Gasteiger charge is -2.07. The molecule has 130 valence electrons. The Labute approximate surface area is 156 Å². The first kappa shape index (κ1) is 19.0. The van der Waals surface area contributed by atoms with Crippen LogP contribution in [0.5, 0.6) is 0 Å². The predicted octanol–water partition coefficient (Wildman–Crippen LogP) is 4.21. The van der Waals surface area contributed by atoms with Crippen LogP contribution in [0.2, 0.25) is 10.0 Å². The SMILES string of the molecule is CC(C)c1ccc(NC(=O)C(=O)N/N=C\c2ccc(Cl)c(Cl)c2)cc1. The minimum Gasteiger partial charge on any atom is -0.318 e. The number of carbonyl (C=O) groups is 2. The van der Waals surface area contributed by atoms with Crippen molar-refractivity contribution in [2.45, 2.75) is 19.8 Å². The Balaban J connectivity index is 1.90. The molecule has 0 aromatic heterocycles. The molecule has 0 saturated carbocycles. The van der Waals surface area contributed by atoms with Gasteiger partial charge in [0.05, 0.1) is 16.3 Å². The van der Waals surface area contributed by atoms with Gasteiger partial charge in [-0.05, 0) is 41.3 Å². The zero-order chi connectivity index (χ0) is 18.4. The summed E-state index contributed by atoms with van der Waals surface area (Å²) >= 11 is 11.7. The molecule has 0 aliphatic heterocycles. The molecule has 2 aromatic rings. The molecule has 7 heteroatoms. The monoisotopic (exact) mass is 377 g/mol. The largest absolute Gasteiger partial charge is 0.329 e. The molecule has 0 unspecified atom stereocenters. The van der Waals surface area contributed by atoms with Gasteiger partial charge in [-0.25, -0.2) is 5.43 Å². The average molecular weight is 378 g/mol. The Morgan fingerprint density at radius 1 is 1.00 bits per heavy atom. The van der Waals surface area contributed by atoms with Crippen molar-refractivity contribution in [3.05, 3.63) is 63.6 Å². The van der Waals surface area contributed by atoms with E-state index in [0.717, 1.165) is 5.56 Å². The van der Waals surface area contributed by atoms with E-state index in [9.17, 15) is 9.59 Å². The van der Waals surface area contributed by atoms with Crippen LogP contribution in [0.25, 0.3) is 0 Å². The van der Waals surface area contributed by atoms with Crippen LogP contribution in [-0.4, -0.2) is 18.0 Å². The highest BCUT2D eigenvalue weighted by Gasteiger charge is 2.13. The average Bonchev–Trinajstić information content (AvgIpc) is 2.58. The first-order chi connectivity index (χ1) is 11.9. The van der Waals surface area contributed by atoms with Gasteiger partial charge in [-0.3, -0.25) is 9.59 Å². The number of halogens is 2. The molecule has 0 atom stereocenters. The van der Waals surface area contributed by atoms with Crippen LogP contribution in [0.1, 0.15) is 30.9 Å². The Morgan fingerprint density at radius 2 is 1.68 bits per heavy atom. The van der Waals surface area contributed by atoms with Crippen molar-refractivity contribution >= 4 is 46.9 Å². The van der Waals surface area contributed by atoms with Crippen molar-refractivity contribution in [2.24, 2.45) is 5.10 Å². The molecule has 0 radical (unpaired) electrons. The molecule has 2 N–H and O–H groups in total. The molecule has 0 bridgehead atoms. The highest BCUT2D eigenvalue weighted by Crippen LogP contribution is 2.21. The molecule has 0 heterocycles. The number of hydrazone groups is 1. The summed E-state index contributed by atoms with van der Waals surface area (Å²) in [4.78, 5) is 23.6. The molecule has 2 aromatic carbocycles. The first-order valence-electron chi connectivity index (χ1n) is 7.56. The molecule has 0 fully saturated rings. The second kappa shape index (κ2) is 8.65. The summed E-state index contributed by atoms with van der Waals surface area (Å²) in [7, 11) is 0. The van der Waals surface area contributed by atoms with E-state index in [4.69, 9.17) is 23.2 Å². The van der Waals surface area contributed by atoms with E-state index in [1.54, 1.807) is 30.3 Å². The highest BCUT2D eigenvalue weighted by molar-refractivity contribution is 6.42. The van der Waals surface area contributed by atoms with Crippen molar-refractivity contribution in [1.29, 1.82) is 0 Å². The summed E-state index contributed by atoms with van der Waals surface area (Å²) < 4.78 is 0. The van der Waals surface area contributed by atoms with Crippen LogP contribution in [0, 0.1) is 0 Å². The van der Waals surface area contributed by atoms with Crippen molar-refractivity contribution in [3.63, 3.8) is 0 Å². The van der Waals surface area contributed by atoms with E-state index < -0.39 is 11.8 Å². The van der Waals surface area contributed by atoms with Gasteiger partial charge >= 0.3 is 11.8 Å². The van der Waals surface area contributed by atoms with Gasteiger partial charge < -0.3 is 5.32 Å². The van der Waals surface area contributed by atoms with Gasteiger partial charge in [-0.1, -0.05) is 55.2 Å². The summed E-state index contributed by atoms with van der Waals surface area (Å²) in [5, 5.41) is 7.03. The fourth-order valence-corrected chi connectivity index (χ4v) is 2.25. The second-order valence-electron chi connectivity index (χ2n) is 5.60. The Kier molecular flexibility index (Phi) is 6.56. The predicted molar refractivity (Wildman–Crippen MR) is 101 cm³/mol. The third kappa shape index (κ3) is 5.59. The summed E-state index contributed by atoms with van der Waals surface area (Å²) in [6.45, 7) is 4.15. The standard InChI is InChI=1S/C18H17Cl2N3O2/c1-11(2)13-4-6-14(7-5-13)22-17(24)18(25)23-21-10-12-3-8-15(19)16(20)9-12/h3-11H,1-2H3,(H,22,24)(H,23,25)/b21-10-. The van der Waals surface area contributed by atoms with E-state index in [-0.39, 0.29) is 0 Å². The fourth-order valence-electron chi connectivity index (χ4n) is 1.95. The van der Waals surface area contributed by atoms with Gasteiger partial charge in [-0.15, -0.1) is 0 Å². The number of carbonyl (C=O) groups excluding carboxylic acids is 2. The maximum Gasteiger partial charge on any atom is 0.329 e. The van der Waals surface area contributed by atoms with Crippen LogP contribution in [0.3, 0.4) is 0 Å². The van der Waals surface area contributed by atoms with E-state index in [1.807, 2.05) is 12.1 Å². The van der Waals surface area contributed by atoms with Crippen LogP contribution < -0.4 is 10.7 Å². The molecule has 25 heavy (non-hydrogen) atoms. The van der Waals surface area contributed by atoms with E-state index in [2.05, 4.69) is 29.7 Å². The molecule has 2 amide bonds. The van der Waals surface area contributed by atoms with E-state index >= 15 is 0 Å². The zero-order valence-electron chi connectivity index (χ0n) is 13.7. The first-order valence-corrected chi connectivity index (χ1v) is 8.32. The normalized spacial score (nSPS) is 10.9. The Morgan fingerprint density at radius 3 is 2.28 bits per heavy atom. The molecule has 0 saturated heterocycles. The van der Waals surface area contributed by atoms with Gasteiger partial charge in [0.15, 0.2) is 0 Å². The van der Waals surface area contributed by atoms with E-state index in [1.165, 1.54) is 6.21 Å². The highest BCUT2D eigenvalue weighted by atomic mass is 35.5. The van der Waals surface area contributed by atoms with Crippen molar-refractivity contribution in [1.82, 2.24) is 5.43 Å². The molecule has 0 aliphatic carbocycles. The third-order valence-electron chi connectivity index (χ3n) is 3.36. The van der Waals surface area contributed by atoms with Gasteiger partial charge in [0.2, 0.25) is 0 Å². The second-order valence-corrected chi connectivity index (χ2v) is 6.42. The van der Waals surface area contributed by atoms with Crippen LogP contribution in [-0.2, 0) is 9.59 Å². The summed E-state index contributed by atoms with van der Waals surface area (Å²) in [5.74, 6) is -1.28. The lowest BCUT2D eigenvalue weighted by Crippen LogP contribution is -2.32. The molecule has 0 aliphatic rings. The summed E-state index contributed by atoms with van der Waals surface area (Å²) in [5.41, 5.74) is 4.48. The van der Waals surface area contributed by atoms with Gasteiger partial charge in [-0.2, -0.15) is 5.10 Å². The maximum atomic E-state index is 11.8. The smallest absolute Gasteiger partial charge is 0.318 e. The minimum absolute atomic E-state index is 0.375. The topological polar surface area (TPSA) is 70.6 Å². The van der Waals surface area contributed by atoms with Crippen molar-refractivity contribution in [2.75, 3.05) is 5.32 Å². The lowest BCUT2D eigenvalue weighted by molar-refractivity contribution is -0.136. The van der Waals surface area contributed by atoms with Gasteiger partial charge in [0, 0.05) is 5.69 Å². The third-order valence-corrected chi connectivity index (χ3v) is 4.10. The summed E-state index contributed by atoms with van der Waals surface area (Å²) in [6.07, 6.45) is 1.37. The zero-order valence-corrected chi connectivity index (χ0v) is 15.2. The Bertz CT molecular complexity index is 802. The van der Waals surface area contributed by atoms with E-state index in [0.29, 0.717) is 27.2 Å². The lowest BCUT2D eigenvalue weighted by atomic mass is 10.0. The molecule has 5 nitrogen and oxygen atoms in total. The van der Waals surface area contributed by atoms with Crippen molar-refractivity contribution in [3.8, 4) is 0 Å². The van der Waals surface area contributed by atoms with Crippen LogP contribution in [0.4, 0.5) is 5.69 Å². The van der Waals surface area contributed by atoms with Gasteiger partial charge in [0.1, 0.15) is 0 Å². The molecular weight excluding hydrogens is 361 g/mol. The number of benzene rings is 2. The maximum absolute atomic E-state index is 11.8. The molecule has 0 spiro atoms. The van der Waals surface area contributed by atoms with Crippen molar-refractivity contribution < 1.29 is 9.59 Å². The quantitative estimate of drug-likeness (QED) is 0.476. The molecule has 2 rings (SSSR count). The number of nitrogens with one attached hydrogen (secondary N) is 2. The minimum atomic E-state index is -0.871. The van der Waals surface area contributed by atoms with Gasteiger partial charge in [0.25, 0.3) is 0 Å². The number of anilines is 1. The van der Waals surface area contributed by atoms with Crippen LogP contribution in [0.15, 0.2) is 47.6 Å². The Hall–Kier alpha value is -2.37.